The molecule has 162 valence electrons. The first kappa shape index (κ1) is 21.7. The highest BCUT2D eigenvalue weighted by molar-refractivity contribution is 5.76. The molecule has 0 spiro atoms. The van der Waals surface area contributed by atoms with E-state index >= 15 is 0 Å². The lowest BCUT2D eigenvalue weighted by Gasteiger charge is -2.34. The van der Waals surface area contributed by atoms with Crippen LogP contribution >= 0.6 is 0 Å². The predicted octanol–water partition coefficient (Wildman–Crippen LogP) is 0.733. The Morgan fingerprint density at radius 2 is 1.90 bits per heavy atom. The molecule has 0 bridgehead atoms. The summed E-state index contributed by atoms with van der Waals surface area (Å²) in [6.45, 7) is 9.19. The van der Waals surface area contributed by atoms with Gasteiger partial charge in [0.15, 0.2) is 0 Å². The van der Waals surface area contributed by atoms with Crippen molar-refractivity contribution < 1.29 is 9.53 Å². The number of aryl methyl sites for hydroxylation is 1. The van der Waals surface area contributed by atoms with E-state index in [1.807, 2.05) is 18.7 Å². The molecule has 30 heavy (non-hydrogen) atoms. The normalized spacial score (nSPS) is 15.2. The largest absolute Gasteiger partial charge is 0.379 e. The highest BCUT2D eigenvalue weighted by Crippen LogP contribution is 2.12. The number of piperazine rings is 1. The number of hydrogen-bond donors (Lipinski definition) is 2. The van der Waals surface area contributed by atoms with Gasteiger partial charge in [0, 0.05) is 50.2 Å². The zero-order chi connectivity index (χ0) is 21.5. The molecule has 3 heterocycles. The van der Waals surface area contributed by atoms with E-state index in [1.165, 1.54) is 0 Å². The van der Waals surface area contributed by atoms with E-state index in [2.05, 4.69) is 30.4 Å². The summed E-state index contributed by atoms with van der Waals surface area (Å²) in [6, 6.07) is -0.0135. The minimum Gasteiger partial charge on any atom is -0.379 e. The minimum atomic E-state index is -0.215. The Bertz CT molecular complexity index is 892. The van der Waals surface area contributed by atoms with Gasteiger partial charge in [-0.15, -0.1) is 0 Å². The number of carbonyl (C=O) groups excluding carboxylic acids is 1. The number of aromatic amines is 1. The molecule has 0 unspecified atom stereocenters. The number of H-pyrrole nitrogens is 1. The number of ether oxygens (including phenoxy) is 1. The number of amides is 1. The van der Waals surface area contributed by atoms with Crippen LogP contribution in [0.4, 0.5) is 11.6 Å². The molecule has 3 rings (SSSR count). The van der Waals surface area contributed by atoms with Crippen molar-refractivity contribution in [2.24, 2.45) is 0 Å². The van der Waals surface area contributed by atoms with E-state index in [9.17, 15) is 9.59 Å². The van der Waals surface area contributed by atoms with Crippen LogP contribution in [0.15, 0.2) is 23.4 Å². The summed E-state index contributed by atoms with van der Waals surface area (Å²) >= 11 is 0. The Labute approximate surface area is 175 Å². The maximum atomic E-state index is 12.4. The third-order valence-electron chi connectivity index (χ3n) is 5.02. The van der Waals surface area contributed by atoms with E-state index in [4.69, 9.17) is 4.74 Å². The molecule has 1 atom stereocenters. The van der Waals surface area contributed by atoms with Gasteiger partial charge in [-0.3, -0.25) is 9.59 Å². The molecule has 0 aromatic carbocycles. The highest BCUT2D eigenvalue weighted by Gasteiger charge is 2.22. The van der Waals surface area contributed by atoms with Gasteiger partial charge in [-0.25, -0.2) is 15.1 Å². The molecule has 0 radical (unpaired) electrons. The van der Waals surface area contributed by atoms with E-state index in [0.717, 1.165) is 18.7 Å². The van der Waals surface area contributed by atoms with Crippen LogP contribution in [0.25, 0.3) is 0 Å². The number of anilines is 2. The number of aromatic nitrogens is 4. The summed E-state index contributed by atoms with van der Waals surface area (Å²) < 4.78 is 5.65. The summed E-state index contributed by atoms with van der Waals surface area (Å²) in [7, 11) is 0. The van der Waals surface area contributed by atoms with Gasteiger partial charge in [0.1, 0.15) is 0 Å². The van der Waals surface area contributed by atoms with E-state index in [1.54, 1.807) is 25.5 Å². The number of nitrogens with zero attached hydrogens (tertiary/aromatic N) is 5. The van der Waals surface area contributed by atoms with Crippen molar-refractivity contribution in [1.82, 2.24) is 25.1 Å². The predicted molar refractivity (Wildman–Crippen MR) is 114 cm³/mol. The molecular weight excluding hydrogens is 386 g/mol. The fourth-order valence-electron chi connectivity index (χ4n) is 3.19. The summed E-state index contributed by atoms with van der Waals surface area (Å²) in [6.07, 6.45) is 5.54. The molecule has 1 fully saturated rings. The average Bonchev–Trinajstić information content (AvgIpc) is 2.75. The van der Waals surface area contributed by atoms with Gasteiger partial charge >= 0.3 is 0 Å². The molecule has 0 aliphatic carbocycles. The Morgan fingerprint density at radius 1 is 1.20 bits per heavy atom. The zero-order valence-corrected chi connectivity index (χ0v) is 17.7. The average molecular weight is 415 g/mol. The molecule has 2 aromatic rings. The summed E-state index contributed by atoms with van der Waals surface area (Å²) in [4.78, 5) is 36.7. The van der Waals surface area contributed by atoms with Crippen molar-refractivity contribution >= 4 is 17.5 Å². The van der Waals surface area contributed by atoms with Gasteiger partial charge in [-0.05, 0) is 26.3 Å². The molecule has 1 aliphatic heterocycles. The highest BCUT2D eigenvalue weighted by atomic mass is 16.5. The lowest BCUT2D eigenvalue weighted by atomic mass is 10.2. The van der Waals surface area contributed by atoms with Crippen LogP contribution < -0.4 is 15.8 Å². The SMILES string of the molecule is Cc1cnc(N2CCN(C(=O)CCOC[C@@H](C)Nc3cn[nH]c(=O)c3C)CC2)nc1. The molecule has 1 aliphatic rings. The standard InChI is InChI=1S/C20H29N7O3/c1-14-10-21-20(22-11-14)27-7-5-26(6-8-27)18(28)4-9-30-13-15(2)24-17-12-23-25-19(29)16(17)3/h10-12,15H,4-9,13H2,1-3H3,(H2,24,25,29)/t15-/m1/s1. The van der Waals surface area contributed by atoms with Crippen LogP contribution in [0.1, 0.15) is 24.5 Å². The number of nitrogens with one attached hydrogen (secondary N) is 2. The van der Waals surface area contributed by atoms with Crippen molar-refractivity contribution in [3.8, 4) is 0 Å². The Morgan fingerprint density at radius 3 is 2.60 bits per heavy atom. The van der Waals surface area contributed by atoms with Crippen LogP contribution in [0.5, 0.6) is 0 Å². The molecule has 1 saturated heterocycles. The third-order valence-corrected chi connectivity index (χ3v) is 5.02. The smallest absolute Gasteiger partial charge is 0.269 e. The van der Waals surface area contributed by atoms with Crippen LogP contribution in [0.3, 0.4) is 0 Å². The van der Waals surface area contributed by atoms with Gasteiger partial charge in [-0.2, -0.15) is 5.10 Å². The van der Waals surface area contributed by atoms with Crippen molar-refractivity contribution in [1.29, 1.82) is 0 Å². The summed E-state index contributed by atoms with van der Waals surface area (Å²) in [5, 5.41) is 9.40. The van der Waals surface area contributed by atoms with Gasteiger partial charge in [-0.1, -0.05) is 0 Å². The fraction of sp³-hybridized carbons (Fsp3) is 0.550. The van der Waals surface area contributed by atoms with Crippen LogP contribution in [-0.2, 0) is 9.53 Å². The van der Waals surface area contributed by atoms with Gasteiger partial charge in [0.2, 0.25) is 11.9 Å². The van der Waals surface area contributed by atoms with E-state index < -0.39 is 0 Å². The molecule has 1 amide bonds. The number of rotatable bonds is 8. The first-order valence-electron chi connectivity index (χ1n) is 10.1. The van der Waals surface area contributed by atoms with Gasteiger partial charge < -0.3 is 19.9 Å². The van der Waals surface area contributed by atoms with Crippen LogP contribution in [0.2, 0.25) is 0 Å². The van der Waals surface area contributed by atoms with Gasteiger partial charge in [0.05, 0.1) is 31.5 Å². The maximum absolute atomic E-state index is 12.4. The third kappa shape index (κ3) is 5.76. The Hall–Kier alpha value is -3.01. The Balaban J connectivity index is 1.34. The maximum Gasteiger partial charge on any atom is 0.269 e. The monoisotopic (exact) mass is 415 g/mol. The second-order valence-electron chi connectivity index (χ2n) is 7.54. The number of carbonyl (C=O) groups is 1. The topological polar surface area (TPSA) is 116 Å². The van der Waals surface area contributed by atoms with Crippen LogP contribution in [0, 0.1) is 13.8 Å². The second kappa shape index (κ2) is 10.1. The number of hydrogen-bond acceptors (Lipinski definition) is 8. The minimum absolute atomic E-state index is 0.0135. The lowest BCUT2D eigenvalue weighted by molar-refractivity contribution is -0.132. The molecule has 2 aromatic heterocycles. The molecule has 10 nitrogen and oxygen atoms in total. The van der Waals surface area contributed by atoms with Gasteiger partial charge in [0.25, 0.3) is 5.56 Å². The van der Waals surface area contributed by atoms with Crippen LogP contribution in [-0.4, -0.2) is 76.4 Å². The zero-order valence-electron chi connectivity index (χ0n) is 17.7. The summed E-state index contributed by atoms with van der Waals surface area (Å²) in [5.74, 6) is 0.804. The fourth-order valence-corrected chi connectivity index (χ4v) is 3.19. The molecule has 2 N–H and O–H groups in total. The second-order valence-corrected chi connectivity index (χ2v) is 7.54. The Kier molecular flexibility index (Phi) is 7.34. The molecule has 10 heteroatoms. The first-order chi connectivity index (χ1) is 14.4. The van der Waals surface area contributed by atoms with E-state index in [0.29, 0.717) is 49.9 Å². The van der Waals surface area contributed by atoms with Crippen molar-refractivity contribution in [3.05, 3.63) is 40.1 Å². The lowest BCUT2D eigenvalue weighted by Crippen LogP contribution is -2.49. The molecular formula is C20H29N7O3. The van der Waals surface area contributed by atoms with Crippen molar-refractivity contribution in [2.45, 2.75) is 33.2 Å². The first-order valence-corrected chi connectivity index (χ1v) is 10.1. The van der Waals surface area contributed by atoms with Crippen molar-refractivity contribution in [3.63, 3.8) is 0 Å². The molecule has 0 saturated carbocycles. The summed E-state index contributed by atoms with van der Waals surface area (Å²) in [5.41, 5.74) is 2.08. The van der Waals surface area contributed by atoms with E-state index in [-0.39, 0.29) is 17.5 Å². The quantitative estimate of drug-likeness (QED) is 0.606. The van der Waals surface area contributed by atoms with Crippen molar-refractivity contribution in [2.75, 3.05) is 49.6 Å².